The van der Waals surface area contributed by atoms with E-state index in [0.717, 1.165) is 33.0 Å². The maximum Gasteiger partial charge on any atom is 0.112 e. The third-order valence-corrected chi connectivity index (χ3v) is 4.91. The van der Waals surface area contributed by atoms with Crippen LogP contribution in [0.4, 0.5) is 0 Å². The summed E-state index contributed by atoms with van der Waals surface area (Å²) in [4.78, 5) is 8.86. The Labute approximate surface area is 133 Å². The number of rotatable bonds is 4. The molecule has 3 nitrogen and oxygen atoms in total. The van der Waals surface area contributed by atoms with Crippen LogP contribution in [0.15, 0.2) is 42.0 Å². The van der Waals surface area contributed by atoms with Crippen LogP contribution < -0.4 is 5.32 Å². The van der Waals surface area contributed by atoms with Gasteiger partial charge in [0.15, 0.2) is 0 Å². The standard InChI is InChI=1S/C16H16ClN3S/c1-16(2,15-19-8-9-21-15)20-10-11-5-6-13(17)12-4-3-7-18-14(11)12/h3-9,20H,10H2,1-2H3. The Hall–Kier alpha value is -1.49. The molecule has 0 saturated heterocycles. The van der Waals surface area contributed by atoms with E-state index in [1.807, 2.05) is 35.8 Å². The van der Waals surface area contributed by atoms with E-state index < -0.39 is 0 Å². The number of nitrogens with one attached hydrogen (secondary N) is 1. The Bertz CT molecular complexity index is 753. The first-order chi connectivity index (χ1) is 10.1. The van der Waals surface area contributed by atoms with Gasteiger partial charge in [-0.15, -0.1) is 11.3 Å². The largest absolute Gasteiger partial charge is 0.302 e. The van der Waals surface area contributed by atoms with Crippen molar-refractivity contribution < 1.29 is 0 Å². The first-order valence-corrected chi connectivity index (χ1v) is 8.01. The maximum atomic E-state index is 6.23. The summed E-state index contributed by atoms with van der Waals surface area (Å²) in [5.74, 6) is 0. The fourth-order valence-electron chi connectivity index (χ4n) is 2.26. The molecule has 2 heterocycles. The minimum Gasteiger partial charge on any atom is -0.302 e. The normalized spacial score (nSPS) is 12.0. The molecule has 0 amide bonds. The zero-order valence-electron chi connectivity index (χ0n) is 11.9. The SMILES string of the molecule is CC(C)(NCc1ccc(Cl)c2cccnc12)c1nccs1. The summed E-state index contributed by atoms with van der Waals surface area (Å²) in [6.07, 6.45) is 3.64. The predicted octanol–water partition coefficient (Wildman–Crippen LogP) is 4.37. The first-order valence-electron chi connectivity index (χ1n) is 6.75. The zero-order valence-corrected chi connectivity index (χ0v) is 13.5. The summed E-state index contributed by atoms with van der Waals surface area (Å²) in [5.41, 5.74) is 1.92. The molecule has 0 saturated carbocycles. The molecule has 0 aliphatic heterocycles. The maximum absolute atomic E-state index is 6.23. The number of halogens is 1. The molecule has 0 bridgehead atoms. The van der Waals surface area contributed by atoms with E-state index in [1.165, 1.54) is 0 Å². The number of hydrogen-bond donors (Lipinski definition) is 1. The molecule has 0 atom stereocenters. The molecular formula is C16H16ClN3S. The summed E-state index contributed by atoms with van der Waals surface area (Å²) in [7, 11) is 0. The molecular weight excluding hydrogens is 302 g/mol. The van der Waals surface area contributed by atoms with Crippen LogP contribution in [0.2, 0.25) is 5.02 Å². The van der Waals surface area contributed by atoms with Gasteiger partial charge in [0, 0.05) is 34.7 Å². The number of pyridine rings is 1. The Balaban J connectivity index is 1.88. The second-order valence-electron chi connectivity index (χ2n) is 5.42. The average molecular weight is 318 g/mol. The molecule has 108 valence electrons. The zero-order chi connectivity index (χ0) is 14.9. The summed E-state index contributed by atoms with van der Waals surface area (Å²) in [6, 6.07) is 7.87. The van der Waals surface area contributed by atoms with E-state index in [4.69, 9.17) is 11.6 Å². The van der Waals surface area contributed by atoms with Crippen LogP contribution in [0.25, 0.3) is 10.9 Å². The third kappa shape index (κ3) is 2.93. The van der Waals surface area contributed by atoms with Crippen LogP contribution in [-0.4, -0.2) is 9.97 Å². The molecule has 0 spiro atoms. The van der Waals surface area contributed by atoms with Crippen molar-refractivity contribution in [3.8, 4) is 0 Å². The van der Waals surface area contributed by atoms with Gasteiger partial charge >= 0.3 is 0 Å². The van der Waals surface area contributed by atoms with Gasteiger partial charge in [0.1, 0.15) is 5.01 Å². The van der Waals surface area contributed by atoms with Crippen molar-refractivity contribution in [2.24, 2.45) is 0 Å². The van der Waals surface area contributed by atoms with E-state index >= 15 is 0 Å². The average Bonchev–Trinajstić information content (AvgIpc) is 3.02. The fourth-order valence-corrected chi connectivity index (χ4v) is 3.22. The lowest BCUT2D eigenvalue weighted by molar-refractivity contribution is 0.400. The molecule has 0 aliphatic carbocycles. The summed E-state index contributed by atoms with van der Waals surface area (Å²) >= 11 is 7.89. The van der Waals surface area contributed by atoms with Gasteiger partial charge in [-0.1, -0.05) is 17.7 Å². The highest BCUT2D eigenvalue weighted by Crippen LogP contribution is 2.27. The van der Waals surface area contributed by atoms with Gasteiger partial charge in [-0.05, 0) is 37.6 Å². The quantitative estimate of drug-likeness (QED) is 0.776. The highest BCUT2D eigenvalue weighted by atomic mass is 35.5. The summed E-state index contributed by atoms with van der Waals surface area (Å²) in [5, 5.41) is 8.36. The van der Waals surface area contributed by atoms with Crippen molar-refractivity contribution in [3.63, 3.8) is 0 Å². The molecule has 21 heavy (non-hydrogen) atoms. The van der Waals surface area contributed by atoms with Crippen molar-refractivity contribution in [2.45, 2.75) is 25.9 Å². The monoisotopic (exact) mass is 317 g/mol. The number of thiazole rings is 1. The second-order valence-corrected chi connectivity index (χ2v) is 6.72. The van der Waals surface area contributed by atoms with Crippen LogP contribution in [0.1, 0.15) is 24.4 Å². The van der Waals surface area contributed by atoms with Gasteiger partial charge in [-0.2, -0.15) is 0 Å². The van der Waals surface area contributed by atoms with Gasteiger partial charge in [0.05, 0.1) is 11.1 Å². The van der Waals surface area contributed by atoms with E-state index in [9.17, 15) is 0 Å². The van der Waals surface area contributed by atoms with Crippen LogP contribution in [0, 0.1) is 0 Å². The van der Waals surface area contributed by atoms with Crippen molar-refractivity contribution in [2.75, 3.05) is 0 Å². The number of aromatic nitrogens is 2. The predicted molar refractivity (Wildman–Crippen MR) is 88.7 cm³/mol. The molecule has 0 fully saturated rings. The Morgan fingerprint density at radius 1 is 1.19 bits per heavy atom. The van der Waals surface area contributed by atoms with Gasteiger partial charge in [0.2, 0.25) is 0 Å². The van der Waals surface area contributed by atoms with Gasteiger partial charge in [-0.25, -0.2) is 4.98 Å². The van der Waals surface area contributed by atoms with Gasteiger partial charge in [0.25, 0.3) is 0 Å². The minimum absolute atomic E-state index is 0.172. The minimum atomic E-state index is -0.172. The molecule has 0 aliphatic rings. The molecule has 3 aromatic rings. The van der Waals surface area contributed by atoms with Crippen molar-refractivity contribution >= 4 is 33.8 Å². The van der Waals surface area contributed by atoms with Crippen LogP contribution in [0.3, 0.4) is 0 Å². The fraction of sp³-hybridized carbons (Fsp3) is 0.250. The highest BCUT2D eigenvalue weighted by molar-refractivity contribution is 7.09. The van der Waals surface area contributed by atoms with Crippen LogP contribution in [-0.2, 0) is 12.1 Å². The molecule has 1 aromatic carbocycles. The topological polar surface area (TPSA) is 37.8 Å². The number of hydrogen-bond acceptors (Lipinski definition) is 4. The number of fused-ring (bicyclic) bond motifs is 1. The molecule has 5 heteroatoms. The second kappa shape index (κ2) is 5.72. The Kier molecular flexibility index (Phi) is 3.93. The number of nitrogens with zero attached hydrogens (tertiary/aromatic N) is 2. The third-order valence-electron chi connectivity index (χ3n) is 3.49. The molecule has 2 aromatic heterocycles. The lowest BCUT2D eigenvalue weighted by atomic mass is 10.0. The first kappa shape index (κ1) is 14.4. The van der Waals surface area contributed by atoms with E-state index in [0.29, 0.717) is 0 Å². The van der Waals surface area contributed by atoms with E-state index in [1.54, 1.807) is 17.5 Å². The lowest BCUT2D eigenvalue weighted by Gasteiger charge is -2.24. The van der Waals surface area contributed by atoms with Gasteiger partial charge < -0.3 is 5.32 Å². The Morgan fingerprint density at radius 2 is 2.05 bits per heavy atom. The molecule has 0 unspecified atom stereocenters. The summed E-state index contributed by atoms with van der Waals surface area (Å²) < 4.78 is 0. The van der Waals surface area contributed by atoms with Crippen molar-refractivity contribution in [1.82, 2.24) is 15.3 Å². The van der Waals surface area contributed by atoms with E-state index in [-0.39, 0.29) is 5.54 Å². The van der Waals surface area contributed by atoms with Crippen molar-refractivity contribution in [1.29, 1.82) is 0 Å². The molecule has 0 radical (unpaired) electrons. The van der Waals surface area contributed by atoms with Crippen molar-refractivity contribution in [3.05, 3.63) is 57.6 Å². The van der Waals surface area contributed by atoms with Gasteiger partial charge in [-0.3, -0.25) is 4.98 Å². The van der Waals surface area contributed by atoms with Crippen LogP contribution in [0.5, 0.6) is 0 Å². The van der Waals surface area contributed by atoms with E-state index in [2.05, 4.69) is 29.1 Å². The molecule has 1 N–H and O–H groups in total. The molecule has 3 rings (SSSR count). The number of benzene rings is 1. The Morgan fingerprint density at radius 3 is 2.81 bits per heavy atom. The smallest absolute Gasteiger partial charge is 0.112 e. The highest BCUT2D eigenvalue weighted by Gasteiger charge is 2.22. The van der Waals surface area contributed by atoms with Crippen LogP contribution >= 0.6 is 22.9 Å². The summed E-state index contributed by atoms with van der Waals surface area (Å²) in [6.45, 7) is 4.99. The lowest BCUT2D eigenvalue weighted by Crippen LogP contribution is -2.35.